The molecule has 3 heterocycles. The fraction of sp³-hybridized carbons (Fsp3) is 0.333. The molecule has 0 radical (unpaired) electrons. The predicted molar refractivity (Wildman–Crippen MR) is 103 cm³/mol. The Morgan fingerprint density at radius 1 is 1.26 bits per heavy atom. The van der Waals surface area contributed by atoms with Gasteiger partial charge in [-0.3, -0.25) is 4.79 Å². The maximum Gasteiger partial charge on any atom is 0.252 e. The molecule has 1 aliphatic rings. The number of benzene rings is 1. The molecule has 1 saturated heterocycles. The van der Waals surface area contributed by atoms with E-state index in [0.717, 1.165) is 26.0 Å². The zero-order valence-corrected chi connectivity index (χ0v) is 15.1. The van der Waals surface area contributed by atoms with Crippen LogP contribution in [0.4, 0.5) is 0 Å². The van der Waals surface area contributed by atoms with Crippen molar-refractivity contribution in [3.8, 4) is 5.88 Å². The van der Waals surface area contributed by atoms with Gasteiger partial charge in [0.05, 0.1) is 11.7 Å². The maximum absolute atomic E-state index is 12.3. The summed E-state index contributed by atoms with van der Waals surface area (Å²) >= 11 is 0. The van der Waals surface area contributed by atoms with E-state index in [9.17, 15) is 4.79 Å². The molecule has 2 aromatic heterocycles. The smallest absolute Gasteiger partial charge is 0.252 e. The Labute approximate surface area is 158 Å². The molecule has 6 heteroatoms. The van der Waals surface area contributed by atoms with E-state index in [0.29, 0.717) is 24.6 Å². The molecular weight excluding hydrogens is 342 g/mol. The number of fused-ring (bicyclic) bond motifs is 1. The van der Waals surface area contributed by atoms with E-state index in [-0.39, 0.29) is 12.0 Å². The number of pyridine rings is 1. The molecule has 0 saturated carbocycles. The van der Waals surface area contributed by atoms with E-state index in [2.05, 4.69) is 33.1 Å². The van der Waals surface area contributed by atoms with Crippen LogP contribution in [0.15, 0.2) is 54.9 Å². The van der Waals surface area contributed by atoms with Gasteiger partial charge in [-0.25, -0.2) is 4.98 Å². The number of amides is 1. The van der Waals surface area contributed by atoms with Crippen molar-refractivity contribution in [3.05, 3.63) is 60.4 Å². The van der Waals surface area contributed by atoms with Gasteiger partial charge in [-0.1, -0.05) is 18.2 Å². The summed E-state index contributed by atoms with van der Waals surface area (Å²) in [6.45, 7) is 2.58. The van der Waals surface area contributed by atoms with Gasteiger partial charge >= 0.3 is 0 Å². The Morgan fingerprint density at radius 2 is 2.19 bits per heavy atom. The molecule has 3 aromatic rings. The number of aromatic nitrogens is 2. The summed E-state index contributed by atoms with van der Waals surface area (Å²) in [7, 11) is 0. The van der Waals surface area contributed by atoms with Crippen molar-refractivity contribution in [2.75, 3.05) is 19.8 Å². The molecule has 27 heavy (non-hydrogen) atoms. The second-order valence-electron chi connectivity index (χ2n) is 6.65. The second-order valence-corrected chi connectivity index (χ2v) is 6.65. The van der Waals surface area contributed by atoms with Crippen LogP contribution in [0.3, 0.4) is 0 Å². The van der Waals surface area contributed by atoms with Crippen LogP contribution in [0.25, 0.3) is 10.9 Å². The summed E-state index contributed by atoms with van der Waals surface area (Å²) in [5, 5.41) is 4.14. The lowest BCUT2D eigenvalue weighted by atomic mass is 10.2. The van der Waals surface area contributed by atoms with Crippen LogP contribution in [-0.4, -0.2) is 41.3 Å². The first kappa shape index (κ1) is 17.5. The Bertz CT molecular complexity index is 898. The van der Waals surface area contributed by atoms with Crippen LogP contribution < -0.4 is 10.1 Å². The van der Waals surface area contributed by atoms with Crippen molar-refractivity contribution in [2.45, 2.75) is 25.5 Å². The first-order chi connectivity index (χ1) is 13.3. The van der Waals surface area contributed by atoms with Gasteiger partial charge in [0.25, 0.3) is 5.91 Å². The molecule has 1 aromatic carbocycles. The zero-order chi connectivity index (χ0) is 18.5. The number of carbonyl (C=O) groups is 1. The molecule has 1 amide bonds. The summed E-state index contributed by atoms with van der Waals surface area (Å²) in [6.07, 6.45) is 5.85. The van der Waals surface area contributed by atoms with E-state index in [1.807, 2.05) is 18.3 Å². The summed E-state index contributed by atoms with van der Waals surface area (Å²) in [5.74, 6) is 0.380. The van der Waals surface area contributed by atoms with E-state index in [1.165, 1.54) is 10.9 Å². The van der Waals surface area contributed by atoms with E-state index < -0.39 is 0 Å². The monoisotopic (exact) mass is 365 g/mol. The average molecular weight is 365 g/mol. The Hall–Kier alpha value is -2.86. The first-order valence-corrected chi connectivity index (χ1v) is 9.32. The minimum Gasteiger partial charge on any atom is -0.475 e. The molecule has 0 spiro atoms. The number of rotatable bonds is 7. The second kappa shape index (κ2) is 8.22. The highest BCUT2D eigenvalue weighted by Crippen LogP contribution is 2.15. The standard InChI is InChI=1S/C21H23N3O3/c25-21(22-10-12-24-11-9-16-4-1-2-6-19(16)24)17-7-8-20(23-14-17)27-15-18-5-3-13-26-18/h1-2,4,6-9,11,14,18H,3,5,10,12-13,15H2,(H,22,25)/t18-/m1/s1. The van der Waals surface area contributed by atoms with Gasteiger partial charge in [-0.05, 0) is 36.4 Å². The lowest BCUT2D eigenvalue weighted by Gasteiger charge is -2.11. The zero-order valence-electron chi connectivity index (χ0n) is 15.1. The molecule has 0 bridgehead atoms. The molecule has 1 fully saturated rings. The van der Waals surface area contributed by atoms with Gasteiger partial charge in [0.15, 0.2) is 0 Å². The van der Waals surface area contributed by atoms with Crippen molar-refractivity contribution >= 4 is 16.8 Å². The number of carbonyl (C=O) groups excluding carboxylic acids is 1. The SMILES string of the molecule is O=C(NCCn1ccc2ccccc21)c1ccc(OC[C@H]2CCCO2)nc1. The van der Waals surface area contributed by atoms with Crippen molar-refractivity contribution in [1.82, 2.24) is 14.9 Å². The molecule has 0 aliphatic carbocycles. The Morgan fingerprint density at radius 3 is 3.00 bits per heavy atom. The van der Waals surface area contributed by atoms with E-state index in [4.69, 9.17) is 9.47 Å². The molecule has 1 N–H and O–H groups in total. The van der Waals surface area contributed by atoms with Crippen molar-refractivity contribution < 1.29 is 14.3 Å². The van der Waals surface area contributed by atoms with Gasteiger partial charge in [-0.2, -0.15) is 0 Å². The highest BCUT2D eigenvalue weighted by atomic mass is 16.5. The van der Waals surface area contributed by atoms with E-state index in [1.54, 1.807) is 18.3 Å². The van der Waals surface area contributed by atoms with Crippen LogP contribution >= 0.6 is 0 Å². The fourth-order valence-corrected chi connectivity index (χ4v) is 3.28. The number of hydrogen-bond acceptors (Lipinski definition) is 4. The van der Waals surface area contributed by atoms with Gasteiger partial charge in [0.2, 0.25) is 5.88 Å². The van der Waals surface area contributed by atoms with Crippen LogP contribution in [-0.2, 0) is 11.3 Å². The van der Waals surface area contributed by atoms with E-state index >= 15 is 0 Å². The molecule has 1 aliphatic heterocycles. The summed E-state index contributed by atoms with van der Waals surface area (Å²) < 4.78 is 13.3. The third kappa shape index (κ3) is 4.28. The maximum atomic E-state index is 12.3. The minimum absolute atomic E-state index is 0.135. The number of ether oxygens (including phenoxy) is 2. The van der Waals surface area contributed by atoms with Crippen LogP contribution in [0.5, 0.6) is 5.88 Å². The number of para-hydroxylation sites is 1. The molecule has 4 rings (SSSR count). The van der Waals surface area contributed by atoms with Crippen LogP contribution in [0, 0.1) is 0 Å². The highest BCUT2D eigenvalue weighted by molar-refractivity contribution is 5.93. The minimum atomic E-state index is -0.135. The summed E-state index contributed by atoms with van der Waals surface area (Å²) in [4.78, 5) is 16.5. The fourth-order valence-electron chi connectivity index (χ4n) is 3.28. The van der Waals surface area contributed by atoms with Crippen LogP contribution in [0.2, 0.25) is 0 Å². The highest BCUT2D eigenvalue weighted by Gasteiger charge is 2.16. The lowest BCUT2D eigenvalue weighted by Crippen LogP contribution is -2.27. The van der Waals surface area contributed by atoms with Gasteiger partial charge in [0.1, 0.15) is 6.61 Å². The lowest BCUT2D eigenvalue weighted by molar-refractivity contribution is 0.0663. The average Bonchev–Trinajstić information content (AvgIpc) is 3.37. The Balaban J connectivity index is 1.26. The van der Waals surface area contributed by atoms with Gasteiger partial charge in [-0.15, -0.1) is 0 Å². The molecule has 140 valence electrons. The molecule has 0 unspecified atom stereocenters. The van der Waals surface area contributed by atoms with Crippen molar-refractivity contribution in [2.24, 2.45) is 0 Å². The number of hydrogen-bond donors (Lipinski definition) is 1. The van der Waals surface area contributed by atoms with Crippen molar-refractivity contribution in [3.63, 3.8) is 0 Å². The van der Waals surface area contributed by atoms with Crippen LogP contribution in [0.1, 0.15) is 23.2 Å². The largest absolute Gasteiger partial charge is 0.475 e. The third-order valence-corrected chi connectivity index (χ3v) is 4.76. The van der Waals surface area contributed by atoms with Gasteiger partial charge < -0.3 is 19.4 Å². The summed E-state index contributed by atoms with van der Waals surface area (Å²) in [5.41, 5.74) is 1.69. The quantitative estimate of drug-likeness (QED) is 0.699. The predicted octanol–water partition coefficient (Wildman–Crippen LogP) is 3.02. The Kier molecular flexibility index (Phi) is 5.34. The topological polar surface area (TPSA) is 65.4 Å². The molecular formula is C21H23N3O3. The molecule has 6 nitrogen and oxygen atoms in total. The third-order valence-electron chi connectivity index (χ3n) is 4.76. The number of nitrogens with zero attached hydrogens (tertiary/aromatic N) is 2. The van der Waals surface area contributed by atoms with Crippen molar-refractivity contribution in [1.29, 1.82) is 0 Å². The first-order valence-electron chi connectivity index (χ1n) is 9.32. The molecule has 1 atom stereocenters. The normalized spacial score (nSPS) is 16.5. The number of nitrogens with one attached hydrogen (secondary N) is 1. The summed E-state index contributed by atoms with van der Waals surface area (Å²) in [6, 6.07) is 13.7. The van der Waals surface area contributed by atoms with Gasteiger partial charge in [0, 0.05) is 43.7 Å².